The van der Waals surface area contributed by atoms with Crippen LogP contribution in [-0.4, -0.2) is 18.0 Å². The van der Waals surface area contributed by atoms with Crippen molar-refractivity contribution in [2.45, 2.75) is 11.4 Å². The number of nitrogens with zero attached hydrogens (tertiary/aromatic N) is 3. The zero-order valence-electron chi connectivity index (χ0n) is 15.9. The monoisotopic (exact) mass is 431 g/mol. The average molecular weight is 432 g/mol. The summed E-state index contributed by atoms with van der Waals surface area (Å²) in [5.74, 6) is -0.366. The molecule has 0 radical (unpaired) electrons. The molecule has 3 aromatic rings. The van der Waals surface area contributed by atoms with Crippen LogP contribution < -0.4 is 14.8 Å². The van der Waals surface area contributed by atoms with E-state index in [4.69, 9.17) is 11.6 Å². The molecule has 8 heteroatoms. The molecule has 1 aromatic heterocycles. The topological polar surface area (TPSA) is 45.6 Å². The lowest BCUT2D eigenvalue weighted by molar-refractivity contribution is -0.106. The molecule has 0 unspecified atom stereocenters. The molecule has 150 valence electrons. The van der Waals surface area contributed by atoms with Crippen LogP contribution in [0.1, 0.15) is 5.56 Å². The SMILES string of the molecule is CN(Cc1c(F)cccc1Cl)c1ccccc1SN(C=O)c1ccc(=O)n(C)c1. The van der Waals surface area contributed by atoms with E-state index in [1.54, 1.807) is 31.4 Å². The first-order valence-corrected chi connectivity index (χ1v) is 9.88. The molecule has 3 rings (SSSR count). The highest BCUT2D eigenvalue weighted by Gasteiger charge is 2.16. The second-order valence-corrected chi connectivity index (χ2v) is 7.81. The third kappa shape index (κ3) is 4.81. The Labute approximate surface area is 177 Å². The molecule has 1 amide bonds. The molecule has 0 aliphatic carbocycles. The van der Waals surface area contributed by atoms with Crippen LogP contribution in [0.3, 0.4) is 0 Å². The van der Waals surface area contributed by atoms with E-state index in [0.717, 1.165) is 10.6 Å². The van der Waals surface area contributed by atoms with Gasteiger partial charge in [0.2, 0.25) is 12.0 Å². The molecule has 2 aromatic carbocycles. The predicted molar refractivity (Wildman–Crippen MR) is 116 cm³/mol. The summed E-state index contributed by atoms with van der Waals surface area (Å²) in [6, 6.07) is 15.1. The van der Waals surface area contributed by atoms with Gasteiger partial charge in [-0.1, -0.05) is 29.8 Å². The summed E-state index contributed by atoms with van der Waals surface area (Å²) in [7, 11) is 3.46. The van der Waals surface area contributed by atoms with Gasteiger partial charge >= 0.3 is 0 Å². The van der Waals surface area contributed by atoms with Crippen LogP contribution in [0, 0.1) is 5.82 Å². The van der Waals surface area contributed by atoms with E-state index in [9.17, 15) is 14.0 Å². The van der Waals surface area contributed by atoms with Crippen molar-refractivity contribution in [3.63, 3.8) is 0 Å². The van der Waals surface area contributed by atoms with Crippen LogP contribution in [0.5, 0.6) is 0 Å². The van der Waals surface area contributed by atoms with Gasteiger partial charge in [0.25, 0.3) is 0 Å². The van der Waals surface area contributed by atoms with Crippen molar-refractivity contribution in [3.05, 3.63) is 87.6 Å². The van der Waals surface area contributed by atoms with E-state index in [1.807, 2.05) is 36.2 Å². The third-order valence-corrected chi connectivity index (χ3v) is 5.74. The Balaban J connectivity index is 1.88. The van der Waals surface area contributed by atoms with Gasteiger partial charge < -0.3 is 9.47 Å². The zero-order valence-corrected chi connectivity index (χ0v) is 17.5. The number of halogens is 2. The fraction of sp³-hybridized carbons (Fsp3) is 0.143. The Morgan fingerprint density at radius 1 is 1.14 bits per heavy atom. The summed E-state index contributed by atoms with van der Waals surface area (Å²) in [6.45, 7) is 0.268. The maximum absolute atomic E-state index is 14.2. The van der Waals surface area contributed by atoms with Gasteiger partial charge in [0.1, 0.15) is 5.82 Å². The van der Waals surface area contributed by atoms with Crippen molar-refractivity contribution in [2.24, 2.45) is 7.05 Å². The minimum atomic E-state index is -0.366. The number of carbonyl (C=O) groups excluding carboxylic acids is 1. The number of benzene rings is 2. The van der Waals surface area contributed by atoms with Crippen LogP contribution in [0.25, 0.3) is 0 Å². The first-order valence-electron chi connectivity index (χ1n) is 8.73. The molecule has 0 fully saturated rings. The van der Waals surface area contributed by atoms with Gasteiger partial charge in [0, 0.05) is 43.5 Å². The molecule has 5 nitrogen and oxygen atoms in total. The Morgan fingerprint density at radius 3 is 2.59 bits per heavy atom. The quantitative estimate of drug-likeness (QED) is 0.408. The zero-order chi connectivity index (χ0) is 21.0. The van der Waals surface area contributed by atoms with Crippen molar-refractivity contribution < 1.29 is 9.18 Å². The summed E-state index contributed by atoms with van der Waals surface area (Å²) < 4.78 is 17.0. The van der Waals surface area contributed by atoms with E-state index in [-0.39, 0.29) is 17.9 Å². The number of aromatic nitrogens is 1. The Bertz CT molecular complexity index is 1070. The van der Waals surface area contributed by atoms with Gasteiger partial charge in [0.15, 0.2) is 0 Å². The van der Waals surface area contributed by atoms with Crippen LogP contribution in [0.4, 0.5) is 15.8 Å². The highest BCUT2D eigenvalue weighted by atomic mass is 35.5. The summed E-state index contributed by atoms with van der Waals surface area (Å²) in [5, 5.41) is 0.363. The fourth-order valence-electron chi connectivity index (χ4n) is 2.81. The molecule has 0 atom stereocenters. The number of pyridine rings is 1. The number of anilines is 2. The van der Waals surface area contributed by atoms with Crippen LogP contribution >= 0.6 is 23.5 Å². The van der Waals surface area contributed by atoms with Crippen molar-refractivity contribution in [2.75, 3.05) is 16.3 Å². The molecule has 0 N–H and O–H groups in total. The van der Waals surface area contributed by atoms with E-state index in [2.05, 4.69) is 0 Å². The summed E-state index contributed by atoms with van der Waals surface area (Å²) in [6.07, 6.45) is 2.28. The van der Waals surface area contributed by atoms with E-state index in [1.165, 1.54) is 33.0 Å². The van der Waals surface area contributed by atoms with Gasteiger partial charge in [-0.3, -0.25) is 13.9 Å². The Morgan fingerprint density at radius 2 is 1.90 bits per heavy atom. The molecule has 0 saturated carbocycles. The predicted octanol–water partition coefficient (Wildman–Crippen LogP) is 4.48. The van der Waals surface area contributed by atoms with E-state index in [0.29, 0.717) is 22.7 Å². The van der Waals surface area contributed by atoms with Crippen molar-refractivity contribution in [3.8, 4) is 0 Å². The summed E-state index contributed by atoms with van der Waals surface area (Å²) >= 11 is 7.37. The minimum Gasteiger partial charge on any atom is -0.369 e. The second kappa shape index (κ2) is 9.15. The molecular formula is C21H19ClFN3O2S. The van der Waals surface area contributed by atoms with Crippen molar-refractivity contribution in [1.82, 2.24) is 4.57 Å². The maximum Gasteiger partial charge on any atom is 0.250 e. The molecule has 0 bridgehead atoms. The summed E-state index contributed by atoms with van der Waals surface area (Å²) in [4.78, 5) is 26.0. The number of hydrogen-bond donors (Lipinski definition) is 0. The van der Waals surface area contributed by atoms with Crippen LogP contribution in [0.2, 0.25) is 5.02 Å². The fourth-order valence-corrected chi connectivity index (χ4v) is 3.95. The average Bonchev–Trinajstić information content (AvgIpc) is 2.71. The normalized spacial score (nSPS) is 10.6. The Hall–Kier alpha value is -2.77. The number of amides is 1. The first-order chi connectivity index (χ1) is 13.9. The van der Waals surface area contributed by atoms with Crippen LogP contribution in [0.15, 0.2) is 70.5 Å². The number of carbonyl (C=O) groups is 1. The number of rotatable bonds is 7. The number of aryl methyl sites for hydroxylation is 1. The van der Waals surface area contributed by atoms with Gasteiger partial charge in [-0.05, 0) is 42.3 Å². The molecular weight excluding hydrogens is 413 g/mol. The third-order valence-electron chi connectivity index (χ3n) is 4.35. The molecule has 0 aliphatic heterocycles. The van der Waals surface area contributed by atoms with Gasteiger partial charge in [-0.15, -0.1) is 0 Å². The lowest BCUT2D eigenvalue weighted by Gasteiger charge is -2.25. The number of para-hydroxylation sites is 1. The largest absolute Gasteiger partial charge is 0.369 e. The lowest BCUT2D eigenvalue weighted by atomic mass is 10.2. The molecule has 29 heavy (non-hydrogen) atoms. The first kappa shape index (κ1) is 21.0. The molecule has 0 saturated heterocycles. The van der Waals surface area contributed by atoms with E-state index >= 15 is 0 Å². The second-order valence-electron chi connectivity index (χ2n) is 6.38. The molecule has 0 spiro atoms. The molecule has 1 heterocycles. The lowest BCUT2D eigenvalue weighted by Crippen LogP contribution is -2.20. The molecule has 0 aliphatic rings. The standard InChI is InChI=1S/C21H19ClFN3O2S/c1-24(13-16-17(22)6-5-7-18(16)23)19-8-3-4-9-20(19)29-26(14-27)15-10-11-21(28)25(2)12-15/h3-12,14H,13H2,1-2H3. The van der Waals surface area contributed by atoms with Gasteiger partial charge in [-0.2, -0.15) is 0 Å². The van der Waals surface area contributed by atoms with Crippen LogP contribution in [-0.2, 0) is 18.4 Å². The minimum absolute atomic E-state index is 0.161. The number of hydrogen-bond acceptors (Lipinski definition) is 4. The van der Waals surface area contributed by atoms with E-state index < -0.39 is 0 Å². The van der Waals surface area contributed by atoms with Gasteiger partial charge in [0.05, 0.1) is 16.3 Å². The highest BCUT2D eigenvalue weighted by Crippen LogP contribution is 2.35. The highest BCUT2D eigenvalue weighted by molar-refractivity contribution is 8.01. The van der Waals surface area contributed by atoms with Crippen molar-refractivity contribution in [1.29, 1.82) is 0 Å². The maximum atomic E-state index is 14.2. The Kier molecular flexibility index (Phi) is 6.61. The smallest absolute Gasteiger partial charge is 0.250 e. The summed E-state index contributed by atoms with van der Waals surface area (Å²) in [5.41, 5.74) is 1.63. The van der Waals surface area contributed by atoms with Gasteiger partial charge in [-0.25, -0.2) is 4.39 Å². The van der Waals surface area contributed by atoms with Crippen molar-refractivity contribution >= 4 is 41.3 Å².